The minimum atomic E-state index is -1.27. The number of carboxylic acid groups (broad SMARTS) is 1. The van der Waals surface area contributed by atoms with Crippen LogP contribution in [-0.4, -0.2) is 20.8 Å². The van der Waals surface area contributed by atoms with Gasteiger partial charge in [-0.05, 0) is 48.4 Å². The highest BCUT2D eigenvalue weighted by molar-refractivity contribution is 5.61. The van der Waals surface area contributed by atoms with Gasteiger partial charge in [0.2, 0.25) is 0 Å². The molecule has 1 aromatic carbocycles. The first-order valence-corrected chi connectivity index (χ1v) is 6.69. The Balaban J connectivity index is 1.70. The Bertz CT molecular complexity index is 608. The van der Waals surface area contributed by atoms with Gasteiger partial charge in [0.05, 0.1) is 6.33 Å². The molecule has 1 N–H and O–H groups in total. The van der Waals surface area contributed by atoms with E-state index in [1.807, 2.05) is 24.7 Å². The quantitative estimate of drug-likeness (QED) is 0.689. The lowest BCUT2D eigenvalue weighted by Gasteiger charge is -2.25. The van der Waals surface area contributed by atoms with Crippen LogP contribution in [0.5, 0.6) is 5.75 Å². The van der Waals surface area contributed by atoms with Gasteiger partial charge >= 0.3 is 6.16 Å². The van der Waals surface area contributed by atoms with E-state index in [1.165, 1.54) is 11.1 Å². The summed E-state index contributed by atoms with van der Waals surface area (Å²) in [5, 5.41) is 8.63. The van der Waals surface area contributed by atoms with Gasteiger partial charge in [-0.2, -0.15) is 0 Å². The van der Waals surface area contributed by atoms with Crippen molar-refractivity contribution in [3.63, 3.8) is 0 Å². The smallest absolute Gasteiger partial charge is 0.449 e. The Morgan fingerprint density at radius 1 is 1.45 bits per heavy atom. The monoisotopic (exact) mass is 272 g/mol. The molecule has 1 aliphatic carbocycles. The van der Waals surface area contributed by atoms with E-state index in [9.17, 15) is 4.79 Å². The molecule has 20 heavy (non-hydrogen) atoms. The number of hydrogen-bond donors (Lipinski definition) is 1. The predicted molar refractivity (Wildman–Crippen MR) is 72.8 cm³/mol. The van der Waals surface area contributed by atoms with Crippen LogP contribution >= 0.6 is 0 Å². The molecule has 0 spiro atoms. The van der Waals surface area contributed by atoms with Crippen LogP contribution in [0, 0.1) is 5.92 Å². The molecule has 104 valence electrons. The maximum Gasteiger partial charge on any atom is 0.511 e. The number of ether oxygens (including phenoxy) is 1. The van der Waals surface area contributed by atoms with E-state index in [0.717, 1.165) is 25.8 Å². The largest absolute Gasteiger partial charge is 0.511 e. The fraction of sp³-hybridized carbons (Fsp3) is 0.333. The van der Waals surface area contributed by atoms with Crippen LogP contribution in [0.1, 0.15) is 17.5 Å². The summed E-state index contributed by atoms with van der Waals surface area (Å²) in [6.45, 7) is 0.979. The second-order valence-electron chi connectivity index (χ2n) is 5.17. The third-order valence-electron chi connectivity index (χ3n) is 3.74. The Morgan fingerprint density at radius 3 is 3.10 bits per heavy atom. The number of carbonyl (C=O) groups is 1. The van der Waals surface area contributed by atoms with Crippen LogP contribution in [0.4, 0.5) is 4.79 Å². The molecule has 2 aromatic rings. The van der Waals surface area contributed by atoms with Crippen molar-refractivity contribution < 1.29 is 14.6 Å². The van der Waals surface area contributed by atoms with Crippen molar-refractivity contribution in [2.24, 2.45) is 5.92 Å². The van der Waals surface area contributed by atoms with Gasteiger partial charge < -0.3 is 14.4 Å². The zero-order chi connectivity index (χ0) is 13.9. The van der Waals surface area contributed by atoms with E-state index in [0.29, 0.717) is 11.7 Å². The highest BCUT2D eigenvalue weighted by Crippen LogP contribution is 2.29. The first-order chi connectivity index (χ1) is 9.70. The summed E-state index contributed by atoms with van der Waals surface area (Å²) in [6.07, 6.45) is 7.44. The van der Waals surface area contributed by atoms with Gasteiger partial charge in [-0.1, -0.05) is 6.07 Å². The van der Waals surface area contributed by atoms with E-state index in [-0.39, 0.29) is 0 Å². The Labute approximate surface area is 116 Å². The molecule has 3 rings (SSSR count). The van der Waals surface area contributed by atoms with Gasteiger partial charge in [0, 0.05) is 18.9 Å². The molecule has 0 aliphatic heterocycles. The average Bonchev–Trinajstić information content (AvgIpc) is 2.91. The van der Waals surface area contributed by atoms with Gasteiger partial charge in [-0.3, -0.25) is 0 Å². The second kappa shape index (κ2) is 5.36. The van der Waals surface area contributed by atoms with Crippen molar-refractivity contribution in [2.75, 3.05) is 0 Å². The number of hydrogen-bond acceptors (Lipinski definition) is 3. The maximum atomic E-state index is 10.5. The lowest BCUT2D eigenvalue weighted by molar-refractivity contribution is 0.144. The van der Waals surface area contributed by atoms with Crippen LogP contribution in [0.2, 0.25) is 0 Å². The van der Waals surface area contributed by atoms with Crippen molar-refractivity contribution >= 4 is 6.16 Å². The lowest BCUT2D eigenvalue weighted by Crippen LogP contribution is -2.19. The summed E-state index contributed by atoms with van der Waals surface area (Å²) in [7, 11) is 0. The third-order valence-corrected chi connectivity index (χ3v) is 3.74. The van der Waals surface area contributed by atoms with Gasteiger partial charge in [0.1, 0.15) is 5.75 Å². The first-order valence-electron chi connectivity index (χ1n) is 6.69. The number of aromatic nitrogens is 2. The van der Waals surface area contributed by atoms with Gasteiger partial charge in [-0.25, -0.2) is 9.78 Å². The number of nitrogens with zero attached hydrogens (tertiary/aromatic N) is 2. The van der Waals surface area contributed by atoms with E-state index < -0.39 is 6.16 Å². The van der Waals surface area contributed by atoms with Gasteiger partial charge in [0.25, 0.3) is 0 Å². The molecule has 0 radical (unpaired) electrons. The fourth-order valence-corrected chi connectivity index (χ4v) is 2.82. The summed E-state index contributed by atoms with van der Waals surface area (Å²) in [5.41, 5.74) is 2.49. The molecule has 0 amide bonds. The fourth-order valence-electron chi connectivity index (χ4n) is 2.82. The minimum absolute atomic E-state index is 0.407. The van der Waals surface area contributed by atoms with Crippen LogP contribution in [0.15, 0.2) is 36.9 Å². The molecule has 5 heteroatoms. The summed E-state index contributed by atoms with van der Waals surface area (Å²) in [4.78, 5) is 14.6. The number of aryl methyl sites for hydroxylation is 1. The van der Waals surface area contributed by atoms with Crippen LogP contribution in [0.3, 0.4) is 0 Å². The maximum absolute atomic E-state index is 10.5. The zero-order valence-electron chi connectivity index (χ0n) is 11.0. The van der Waals surface area contributed by atoms with Gasteiger partial charge in [0.15, 0.2) is 0 Å². The SMILES string of the molecule is O=C(O)Oc1ccc2c(c1)CCC(Cn1ccnc1)C2. The van der Waals surface area contributed by atoms with Crippen molar-refractivity contribution in [3.8, 4) is 5.75 Å². The summed E-state index contributed by atoms with van der Waals surface area (Å²) in [5.74, 6) is 1.01. The van der Waals surface area contributed by atoms with Crippen molar-refractivity contribution in [3.05, 3.63) is 48.0 Å². The molecule has 1 aliphatic rings. The second-order valence-corrected chi connectivity index (χ2v) is 5.17. The normalized spacial score (nSPS) is 17.5. The van der Waals surface area contributed by atoms with Crippen molar-refractivity contribution in [2.45, 2.75) is 25.8 Å². The molecule has 0 saturated heterocycles. The molecule has 0 saturated carbocycles. The summed E-state index contributed by atoms with van der Waals surface area (Å²) in [6, 6.07) is 5.55. The summed E-state index contributed by atoms with van der Waals surface area (Å²) < 4.78 is 6.81. The molecule has 0 fully saturated rings. The van der Waals surface area contributed by atoms with Crippen LogP contribution in [0.25, 0.3) is 0 Å². The number of benzene rings is 1. The minimum Gasteiger partial charge on any atom is -0.449 e. The third kappa shape index (κ3) is 2.82. The summed E-state index contributed by atoms with van der Waals surface area (Å²) >= 11 is 0. The van der Waals surface area contributed by atoms with E-state index in [2.05, 4.69) is 9.55 Å². The predicted octanol–water partition coefficient (Wildman–Crippen LogP) is 2.75. The first kappa shape index (κ1) is 12.7. The molecule has 1 aromatic heterocycles. The number of fused-ring (bicyclic) bond motifs is 1. The van der Waals surface area contributed by atoms with Crippen molar-refractivity contribution in [1.82, 2.24) is 9.55 Å². The lowest BCUT2D eigenvalue weighted by atomic mass is 9.84. The molecule has 1 atom stereocenters. The Hall–Kier alpha value is -2.30. The van der Waals surface area contributed by atoms with E-state index in [1.54, 1.807) is 12.3 Å². The number of imidazole rings is 1. The highest BCUT2D eigenvalue weighted by Gasteiger charge is 2.19. The molecule has 0 bridgehead atoms. The topological polar surface area (TPSA) is 64.3 Å². The molecular weight excluding hydrogens is 256 g/mol. The molecule has 5 nitrogen and oxygen atoms in total. The van der Waals surface area contributed by atoms with E-state index in [4.69, 9.17) is 9.84 Å². The molecule has 1 heterocycles. The average molecular weight is 272 g/mol. The Morgan fingerprint density at radius 2 is 2.35 bits per heavy atom. The molecular formula is C15H16N2O3. The van der Waals surface area contributed by atoms with Gasteiger partial charge in [-0.15, -0.1) is 0 Å². The molecule has 1 unspecified atom stereocenters. The highest BCUT2D eigenvalue weighted by atomic mass is 16.7. The van der Waals surface area contributed by atoms with E-state index >= 15 is 0 Å². The van der Waals surface area contributed by atoms with Crippen molar-refractivity contribution in [1.29, 1.82) is 0 Å². The standard InChI is InChI=1S/C15H16N2O3/c18-15(19)20-14-4-3-12-7-11(1-2-13(12)8-14)9-17-6-5-16-10-17/h3-6,8,10-11H,1-2,7,9H2,(H,18,19). The Kier molecular flexibility index (Phi) is 3.41. The van der Waals surface area contributed by atoms with Crippen LogP contribution < -0.4 is 4.74 Å². The van der Waals surface area contributed by atoms with Crippen LogP contribution in [-0.2, 0) is 19.4 Å². The number of rotatable bonds is 3. The zero-order valence-corrected chi connectivity index (χ0v) is 11.0.